The smallest absolute Gasteiger partial charge is 0.323 e. The first kappa shape index (κ1) is 8.77. The van der Waals surface area contributed by atoms with E-state index in [-0.39, 0.29) is 18.4 Å². The van der Waals surface area contributed by atoms with Gasteiger partial charge in [0.2, 0.25) is 5.91 Å². The molecule has 1 unspecified atom stereocenters. The quantitative estimate of drug-likeness (QED) is 0.610. The zero-order valence-corrected chi connectivity index (χ0v) is 6.69. The Balaban J connectivity index is 2.51. The van der Waals surface area contributed by atoms with Gasteiger partial charge in [-0.15, -0.1) is 6.58 Å². The van der Waals surface area contributed by atoms with Crippen molar-refractivity contribution in [1.29, 1.82) is 0 Å². The van der Waals surface area contributed by atoms with Crippen molar-refractivity contribution in [3.63, 3.8) is 0 Å². The summed E-state index contributed by atoms with van der Waals surface area (Å²) in [7, 11) is 0. The molecule has 0 radical (unpaired) electrons. The van der Waals surface area contributed by atoms with Crippen LogP contribution in [0.2, 0.25) is 0 Å². The summed E-state index contributed by atoms with van der Waals surface area (Å²) in [5.74, 6) is -0.938. The van der Waals surface area contributed by atoms with Crippen LogP contribution in [0.4, 0.5) is 0 Å². The second kappa shape index (κ2) is 3.38. The summed E-state index contributed by atoms with van der Waals surface area (Å²) in [6.45, 7) is 3.87. The molecule has 12 heavy (non-hydrogen) atoms. The number of nitrogens with zero attached hydrogens (tertiary/aromatic N) is 1. The first-order chi connectivity index (χ1) is 5.63. The summed E-state index contributed by atoms with van der Waals surface area (Å²) in [6.07, 6.45) is 2.09. The van der Waals surface area contributed by atoms with Crippen molar-refractivity contribution < 1.29 is 14.7 Å². The lowest BCUT2D eigenvalue weighted by Crippen LogP contribution is -2.30. The average Bonchev–Trinajstić information content (AvgIpc) is 2.31. The second-order valence-corrected chi connectivity index (χ2v) is 2.87. The molecule has 1 amide bonds. The number of hydrogen-bond acceptors (Lipinski definition) is 2. The van der Waals surface area contributed by atoms with E-state index in [2.05, 4.69) is 6.58 Å². The highest BCUT2D eigenvalue weighted by Gasteiger charge is 2.28. The summed E-state index contributed by atoms with van der Waals surface area (Å²) in [4.78, 5) is 22.7. The molecule has 0 spiro atoms. The molecule has 1 heterocycles. The SMILES string of the molecule is C=CC1CC(=O)N(CC(=O)O)C1. The van der Waals surface area contributed by atoms with Crippen LogP contribution in [0, 0.1) is 5.92 Å². The average molecular weight is 169 g/mol. The number of carboxylic acids is 1. The Hall–Kier alpha value is -1.32. The van der Waals surface area contributed by atoms with E-state index in [1.54, 1.807) is 6.08 Å². The molecule has 66 valence electrons. The summed E-state index contributed by atoms with van der Waals surface area (Å²) in [5.41, 5.74) is 0. The molecule has 1 saturated heterocycles. The number of likely N-dealkylation sites (tertiary alicyclic amines) is 1. The molecule has 0 aromatic carbocycles. The topological polar surface area (TPSA) is 57.6 Å². The molecule has 1 aliphatic heterocycles. The van der Waals surface area contributed by atoms with Crippen molar-refractivity contribution >= 4 is 11.9 Å². The van der Waals surface area contributed by atoms with E-state index in [0.29, 0.717) is 13.0 Å². The molecule has 0 bridgehead atoms. The Labute approximate surface area is 70.5 Å². The van der Waals surface area contributed by atoms with Crippen LogP contribution in [-0.2, 0) is 9.59 Å². The Morgan fingerprint density at radius 3 is 2.92 bits per heavy atom. The largest absolute Gasteiger partial charge is 0.480 e. The van der Waals surface area contributed by atoms with Crippen LogP contribution in [0.3, 0.4) is 0 Å². The third-order valence-electron chi connectivity index (χ3n) is 1.90. The standard InChI is InChI=1S/C8H11NO3/c1-2-6-3-7(10)9(4-6)5-8(11)12/h2,6H,1,3-5H2,(H,11,12). The van der Waals surface area contributed by atoms with Gasteiger partial charge in [-0.3, -0.25) is 9.59 Å². The van der Waals surface area contributed by atoms with Gasteiger partial charge in [0.15, 0.2) is 0 Å². The summed E-state index contributed by atoms with van der Waals surface area (Å²) >= 11 is 0. The van der Waals surface area contributed by atoms with E-state index in [4.69, 9.17) is 5.11 Å². The monoisotopic (exact) mass is 169 g/mol. The van der Waals surface area contributed by atoms with Crippen LogP contribution < -0.4 is 0 Å². The third kappa shape index (κ3) is 1.84. The molecular formula is C8H11NO3. The minimum absolute atomic E-state index is 0.0951. The van der Waals surface area contributed by atoms with E-state index in [1.807, 2.05) is 0 Å². The molecule has 0 aromatic heterocycles. The van der Waals surface area contributed by atoms with Gasteiger partial charge < -0.3 is 10.0 Å². The molecule has 4 nitrogen and oxygen atoms in total. The van der Waals surface area contributed by atoms with Gasteiger partial charge in [-0.2, -0.15) is 0 Å². The maximum absolute atomic E-state index is 11.1. The number of carbonyl (C=O) groups excluding carboxylic acids is 1. The number of rotatable bonds is 3. The van der Waals surface area contributed by atoms with Gasteiger partial charge in [0.1, 0.15) is 6.54 Å². The van der Waals surface area contributed by atoms with Gasteiger partial charge in [0, 0.05) is 18.9 Å². The molecule has 1 atom stereocenters. The van der Waals surface area contributed by atoms with E-state index in [0.717, 1.165) is 0 Å². The first-order valence-corrected chi connectivity index (χ1v) is 3.75. The molecule has 1 N–H and O–H groups in total. The highest BCUT2D eigenvalue weighted by atomic mass is 16.4. The van der Waals surface area contributed by atoms with Crippen molar-refractivity contribution in [3.05, 3.63) is 12.7 Å². The molecule has 4 heteroatoms. The molecule has 1 aliphatic rings. The van der Waals surface area contributed by atoms with Gasteiger partial charge in [-0.25, -0.2) is 0 Å². The summed E-state index contributed by atoms with van der Waals surface area (Å²) in [5, 5.41) is 8.43. The fourth-order valence-electron chi connectivity index (χ4n) is 1.28. The maximum Gasteiger partial charge on any atom is 0.323 e. The van der Waals surface area contributed by atoms with Crippen molar-refractivity contribution in [3.8, 4) is 0 Å². The zero-order valence-electron chi connectivity index (χ0n) is 6.69. The Morgan fingerprint density at radius 2 is 2.50 bits per heavy atom. The van der Waals surface area contributed by atoms with Gasteiger partial charge in [0.05, 0.1) is 0 Å². The number of carbonyl (C=O) groups is 2. The summed E-state index contributed by atoms with van der Waals surface area (Å²) < 4.78 is 0. The molecule has 0 aliphatic carbocycles. The maximum atomic E-state index is 11.1. The second-order valence-electron chi connectivity index (χ2n) is 2.87. The van der Waals surface area contributed by atoms with Crippen molar-refractivity contribution in [2.45, 2.75) is 6.42 Å². The van der Waals surface area contributed by atoms with Gasteiger partial charge >= 0.3 is 5.97 Å². The summed E-state index contributed by atoms with van der Waals surface area (Å²) in [6, 6.07) is 0. The van der Waals surface area contributed by atoms with Crippen molar-refractivity contribution in [1.82, 2.24) is 4.90 Å². The van der Waals surface area contributed by atoms with Crippen LogP contribution in [0.5, 0.6) is 0 Å². The number of hydrogen-bond donors (Lipinski definition) is 1. The predicted molar refractivity (Wildman–Crippen MR) is 42.5 cm³/mol. The molecule has 0 saturated carbocycles. The molecule has 1 rings (SSSR count). The number of amides is 1. The number of aliphatic carboxylic acids is 1. The van der Waals surface area contributed by atoms with Crippen molar-refractivity contribution in [2.24, 2.45) is 5.92 Å². The van der Waals surface area contributed by atoms with E-state index < -0.39 is 5.97 Å². The van der Waals surface area contributed by atoms with E-state index in [1.165, 1.54) is 4.90 Å². The van der Waals surface area contributed by atoms with Crippen LogP contribution in [-0.4, -0.2) is 35.0 Å². The van der Waals surface area contributed by atoms with Gasteiger partial charge in [0.25, 0.3) is 0 Å². The Bertz CT molecular complexity index is 224. The van der Waals surface area contributed by atoms with E-state index in [9.17, 15) is 9.59 Å². The highest BCUT2D eigenvalue weighted by molar-refractivity contribution is 5.83. The predicted octanol–water partition coefficient (Wildman–Crippen LogP) is 0.106. The lowest BCUT2D eigenvalue weighted by Gasteiger charge is -2.11. The minimum Gasteiger partial charge on any atom is -0.480 e. The molecule has 0 aromatic rings. The van der Waals surface area contributed by atoms with Gasteiger partial charge in [-0.1, -0.05) is 6.08 Å². The minimum atomic E-state index is -0.965. The normalized spacial score (nSPS) is 22.8. The fourth-order valence-corrected chi connectivity index (χ4v) is 1.28. The zero-order chi connectivity index (χ0) is 9.14. The van der Waals surface area contributed by atoms with E-state index >= 15 is 0 Å². The van der Waals surface area contributed by atoms with Crippen LogP contribution in [0.15, 0.2) is 12.7 Å². The van der Waals surface area contributed by atoms with Gasteiger partial charge in [-0.05, 0) is 0 Å². The molecule has 1 fully saturated rings. The van der Waals surface area contributed by atoms with Crippen LogP contribution in [0.25, 0.3) is 0 Å². The van der Waals surface area contributed by atoms with Crippen LogP contribution >= 0.6 is 0 Å². The van der Waals surface area contributed by atoms with Crippen LogP contribution in [0.1, 0.15) is 6.42 Å². The lowest BCUT2D eigenvalue weighted by atomic mass is 10.1. The first-order valence-electron chi connectivity index (χ1n) is 3.75. The Morgan fingerprint density at radius 1 is 1.83 bits per heavy atom. The molecular weight excluding hydrogens is 158 g/mol. The Kier molecular flexibility index (Phi) is 2.47. The lowest BCUT2D eigenvalue weighted by molar-refractivity contribution is -0.142. The fraction of sp³-hybridized carbons (Fsp3) is 0.500. The highest BCUT2D eigenvalue weighted by Crippen LogP contribution is 2.17. The number of carboxylic acid groups (broad SMARTS) is 1. The van der Waals surface area contributed by atoms with Crippen molar-refractivity contribution in [2.75, 3.05) is 13.1 Å². The third-order valence-corrected chi connectivity index (χ3v) is 1.90.